The smallest absolute Gasteiger partial charge is 0.213 e. The van der Waals surface area contributed by atoms with Crippen molar-refractivity contribution in [2.24, 2.45) is 0 Å². The largest absolute Gasteiger partial charge is 0.485 e. The summed E-state index contributed by atoms with van der Waals surface area (Å²) in [5, 5.41) is 7.23. The van der Waals surface area contributed by atoms with Crippen molar-refractivity contribution in [3.8, 4) is 5.75 Å². The van der Waals surface area contributed by atoms with Crippen LogP contribution >= 0.6 is 15.9 Å². The van der Waals surface area contributed by atoms with Gasteiger partial charge in [0.15, 0.2) is 6.61 Å². The van der Waals surface area contributed by atoms with Crippen LogP contribution in [0.4, 0.5) is 0 Å². The average molecular weight is 354 g/mol. The first kappa shape index (κ1) is 16.0. The summed E-state index contributed by atoms with van der Waals surface area (Å²) in [7, 11) is 0. The van der Waals surface area contributed by atoms with E-state index in [1.54, 1.807) is 0 Å². The minimum Gasteiger partial charge on any atom is -0.485 e. The van der Waals surface area contributed by atoms with Gasteiger partial charge in [0.1, 0.15) is 5.75 Å². The summed E-state index contributed by atoms with van der Waals surface area (Å²) in [5.74, 6) is 1.40. The van der Waals surface area contributed by atoms with Crippen molar-refractivity contribution in [1.82, 2.24) is 15.5 Å². The van der Waals surface area contributed by atoms with E-state index in [1.807, 2.05) is 13.0 Å². The molecule has 0 aliphatic rings. The maximum atomic E-state index is 5.89. The van der Waals surface area contributed by atoms with E-state index < -0.39 is 0 Å². The molecule has 0 saturated heterocycles. The van der Waals surface area contributed by atoms with E-state index in [-0.39, 0.29) is 5.54 Å². The highest BCUT2D eigenvalue weighted by molar-refractivity contribution is 9.10. The number of hydrogen-bond acceptors (Lipinski definition) is 5. The highest BCUT2D eigenvalue weighted by Gasteiger charge is 2.14. The molecule has 0 fully saturated rings. The first-order chi connectivity index (χ1) is 9.85. The van der Waals surface area contributed by atoms with Gasteiger partial charge in [-0.25, -0.2) is 0 Å². The van der Waals surface area contributed by atoms with Crippen molar-refractivity contribution in [3.63, 3.8) is 0 Å². The summed E-state index contributed by atoms with van der Waals surface area (Å²) in [5.41, 5.74) is 2.21. The minimum atomic E-state index is 0.0428. The van der Waals surface area contributed by atoms with Crippen molar-refractivity contribution in [3.05, 3.63) is 40.0 Å². The summed E-state index contributed by atoms with van der Waals surface area (Å²) >= 11 is 3.53. The van der Waals surface area contributed by atoms with Crippen LogP contribution in [0.3, 0.4) is 0 Å². The van der Waals surface area contributed by atoms with Crippen LogP contribution in [0.25, 0.3) is 0 Å². The predicted molar refractivity (Wildman–Crippen MR) is 84.1 cm³/mol. The quantitative estimate of drug-likeness (QED) is 0.889. The second-order valence-corrected chi connectivity index (χ2v) is 6.87. The molecule has 0 atom stereocenters. The zero-order valence-electron chi connectivity index (χ0n) is 12.7. The monoisotopic (exact) mass is 353 g/mol. The number of aromatic nitrogens is 2. The van der Waals surface area contributed by atoms with E-state index >= 15 is 0 Å². The first-order valence-corrected chi connectivity index (χ1v) is 7.56. The summed E-state index contributed by atoms with van der Waals surface area (Å²) in [6.07, 6.45) is 1.30. The molecule has 0 radical (unpaired) electrons. The Bertz CT molecular complexity index is 592. The highest BCUT2D eigenvalue weighted by atomic mass is 79.9. The van der Waals surface area contributed by atoms with Crippen LogP contribution in [-0.2, 0) is 13.2 Å². The fourth-order valence-electron chi connectivity index (χ4n) is 1.89. The van der Waals surface area contributed by atoms with Gasteiger partial charge in [0, 0.05) is 22.1 Å². The van der Waals surface area contributed by atoms with Gasteiger partial charge in [0.25, 0.3) is 0 Å². The summed E-state index contributed by atoms with van der Waals surface area (Å²) in [4.78, 5) is 3.97. The van der Waals surface area contributed by atoms with E-state index in [1.165, 1.54) is 6.39 Å². The molecule has 1 aromatic carbocycles. The second-order valence-electron chi connectivity index (χ2n) is 5.95. The summed E-state index contributed by atoms with van der Waals surface area (Å²) in [6, 6.07) is 4.10. The molecule has 5 nitrogen and oxygen atoms in total. The minimum absolute atomic E-state index is 0.0428. The van der Waals surface area contributed by atoms with Gasteiger partial charge in [0.2, 0.25) is 12.2 Å². The zero-order chi connectivity index (χ0) is 15.5. The SMILES string of the molecule is Cc1cc(Br)cc(CNC(C)(C)C)c1OCc1ncon1. The number of benzene rings is 1. The van der Waals surface area contributed by atoms with Crippen LogP contribution in [0.1, 0.15) is 37.7 Å². The predicted octanol–water partition coefficient (Wildman–Crippen LogP) is 3.61. The van der Waals surface area contributed by atoms with Crippen molar-refractivity contribution >= 4 is 15.9 Å². The molecule has 0 amide bonds. The Balaban J connectivity index is 2.17. The Kier molecular flexibility index (Phi) is 5.00. The summed E-state index contributed by atoms with van der Waals surface area (Å²) in [6.45, 7) is 9.46. The molecular formula is C15H20BrN3O2. The molecule has 114 valence electrons. The van der Waals surface area contributed by atoms with Crippen molar-refractivity contribution in [2.45, 2.75) is 46.4 Å². The third-order valence-electron chi connectivity index (χ3n) is 2.88. The average Bonchev–Trinajstić information content (AvgIpc) is 2.87. The van der Waals surface area contributed by atoms with Crippen LogP contribution in [0.5, 0.6) is 5.75 Å². The Morgan fingerprint density at radius 2 is 2.10 bits per heavy atom. The lowest BCUT2D eigenvalue weighted by molar-refractivity contribution is 0.280. The molecule has 0 aliphatic carbocycles. The van der Waals surface area contributed by atoms with Crippen LogP contribution in [0.15, 0.2) is 27.5 Å². The van der Waals surface area contributed by atoms with Gasteiger partial charge in [-0.2, -0.15) is 4.98 Å². The van der Waals surface area contributed by atoms with Crippen LogP contribution in [0, 0.1) is 6.92 Å². The maximum absolute atomic E-state index is 5.89. The van der Waals surface area contributed by atoms with Gasteiger partial charge in [0.05, 0.1) is 0 Å². The molecule has 0 spiro atoms. The molecule has 2 rings (SSSR count). The number of nitrogens with one attached hydrogen (secondary N) is 1. The first-order valence-electron chi connectivity index (χ1n) is 6.77. The molecule has 21 heavy (non-hydrogen) atoms. The van der Waals surface area contributed by atoms with Crippen LogP contribution in [-0.4, -0.2) is 15.7 Å². The Morgan fingerprint density at radius 1 is 1.33 bits per heavy atom. The van der Waals surface area contributed by atoms with E-state index in [2.05, 4.69) is 58.2 Å². The van der Waals surface area contributed by atoms with Crippen LogP contribution in [0.2, 0.25) is 0 Å². The molecule has 0 bridgehead atoms. The molecule has 1 aromatic heterocycles. The molecule has 6 heteroatoms. The van der Waals surface area contributed by atoms with Gasteiger partial charge in [-0.05, 0) is 45.4 Å². The lowest BCUT2D eigenvalue weighted by Crippen LogP contribution is -2.35. The second kappa shape index (κ2) is 6.58. The topological polar surface area (TPSA) is 60.2 Å². The molecule has 0 unspecified atom stereocenters. The third-order valence-corrected chi connectivity index (χ3v) is 3.34. The molecule has 0 aliphatic heterocycles. The highest BCUT2D eigenvalue weighted by Crippen LogP contribution is 2.29. The lowest BCUT2D eigenvalue weighted by Gasteiger charge is -2.22. The van der Waals surface area contributed by atoms with Gasteiger partial charge >= 0.3 is 0 Å². The number of nitrogens with zero attached hydrogens (tertiary/aromatic N) is 2. The Hall–Kier alpha value is -1.40. The molecule has 0 saturated carbocycles. The molecule has 2 aromatic rings. The van der Waals surface area contributed by atoms with E-state index in [0.29, 0.717) is 12.4 Å². The van der Waals surface area contributed by atoms with Crippen molar-refractivity contribution < 1.29 is 9.26 Å². The number of rotatable bonds is 5. The lowest BCUT2D eigenvalue weighted by atomic mass is 10.1. The van der Waals surface area contributed by atoms with Crippen molar-refractivity contribution in [1.29, 1.82) is 0 Å². The number of ether oxygens (including phenoxy) is 1. The van der Waals surface area contributed by atoms with Gasteiger partial charge in [-0.3, -0.25) is 0 Å². The standard InChI is InChI=1S/C15H20BrN3O2/c1-10-5-12(16)6-11(7-18-15(2,3)4)14(10)20-8-13-17-9-21-19-13/h5-6,9,18H,7-8H2,1-4H3. The Morgan fingerprint density at radius 3 is 2.71 bits per heavy atom. The molecule has 1 N–H and O–H groups in total. The zero-order valence-corrected chi connectivity index (χ0v) is 14.3. The van der Waals surface area contributed by atoms with Crippen molar-refractivity contribution in [2.75, 3.05) is 0 Å². The Labute approximate surface area is 133 Å². The number of halogens is 1. The van der Waals surface area contributed by atoms with Gasteiger partial charge in [-0.15, -0.1) is 0 Å². The van der Waals surface area contributed by atoms with E-state index in [9.17, 15) is 0 Å². The molecule has 1 heterocycles. The number of aryl methyl sites for hydroxylation is 1. The normalized spacial score (nSPS) is 11.7. The van der Waals surface area contributed by atoms with Gasteiger partial charge < -0.3 is 14.6 Å². The fraction of sp³-hybridized carbons (Fsp3) is 0.467. The van der Waals surface area contributed by atoms with Crippen LogP contribution < -0.4 is 10.1 Å². The van der Waals surface area contributed by atoms with Gasteiger partial charge in [-0.1, -0.05) is 21.1 Å². The van der Waals surface area contributed by atoms with E-state index in [4.69, 9.17) is 9.26 Å². The molecular weight excluding hydrogens is 334 g/mol. The van der Waals surface area contributed by atoms with E-state index in [0.717, 1.165) is 27.9 Å². The number of hydrogen-bond donors (Lipinski definition) is 1. The summed E-state index contributed by atoms with van der Waals surface area (Å²) < 4.78 is 11.6. The maximum Gasteiger partial charge on any atom is 0.213 e. The fourth-order valence-corrected chi connectivity index (χ4v) is 2.51. The third kappa shape index (κ3) is 4.82.